The van der Waals surface area contributed by atoms with Crippen molar-refractivity contribution in [2.24, 2.45) is 0 Å². The first-order chi connectivity index (χ1) is 16.0. The van der Waals surface area contributed by atoms with Crippen molar-refractivity contribution < 1.29 is 13.2 Å². The molecular weight excluding hydrogens is 436 g/mol. The molecule has 0 atom stereocenters. The molecule has 7 nitrogen and oxygen atoms in total. The number of piperazine rings is 1. The van der Waals surface area contributed by atoms with Gasteiger partial charge in [-0.05, 0) is 36.4 Å². The lowest BCUT2D eigenvalue weighted by Crippen LogP contribution is -2.50. The van der Waals surface area contributed by atoms with Gasteiger partial charge in [0.25, 0.3) is 5.91 Å². The third kappa shape index (κ3) is 4.10. The molecule has 0 aliphatic carbocycles. The molecule has 0 radical (unpaired) electrons. The maximum Gasteiger partial charge on any atom is 0.254 e. The maximum atomic E-state index is 13.5. The maximum absolute atomic E-state index is 13.5. The molecule has 33 heavy (non-hydrogen) atoms. The van der Waals surface area contributed by atoms with E-state index in [1.165, 1.54) is 4.31 Å². The van der Waals surface area contributed by atoms with E-state index < -0.39 is 10.0 Å². The predicted molar refractivity (Wildman–Crippen MR) is 126 cm³/mol. The number of benzene rings is 2. The number of fused-ring (bicyclic) bond motifs is 1. The highest BCUT2D eigenvalue weighted by Crippen LogP contribution is 2.26. The molecule has 0 N–H and O–H groups in total. The van der Waals surface area contributed by atoms with E-state index in [9.17, 15) is 13.2 Å². The molecule has 5 rings (SSSR count). The van der Waals surface area contributed by atoms with E-state index >= 15 is 0 Å². The number of carbonyl (C=O) groups is 1. The van der Waals surface area contributed by atoms with Crippen LogP contribution in [0.4, 0.5) is 0 Å². The van der Waals surface area contributed by atoms with Gasteiger partial charge in [-0.3, -0.25) is 9.78 Å². The Bertz CT molecular complexity index is 1400. The molecule has 1 aliphatic rings. The number of rotatable bonds is 4. The van der Waals surface area contributed by atoms with Crippen LogP contribution >= 0.6 is 0 Å². The van der Waals surface area contributed by atoms with Gasteiger partial charge in [0, 0.05) is 49.5 Å². The van der Waals surface area contributed by atoms with Crippen LogP contribution in [0.2, 0.25) is 0 Å². The van der Waals surface area contributed by atoms with Gasteiger partial charge < -0.3 is 4.90 Å². The van der Waals surface area contributed by atoms with E-state index in [0.717, 1.165) is 16.5 Å². The van der Waals surface area contributed by atoms with E-state index in [0.29, 0.717) is 24.3 Å². The molecular formula is C25H22N4O3S. The van der Waals surface area contributed by atoms with Crippen molar-refractivity contribution in [3.63, 3.8) is 0 Å². The summed E-state index contributed by atoms with van der Waals surface area (Å²) in [6, 6.07) is 21.5. The van der Waals surface area contributed by atoms with Gasteiger partial charge in [0.2, 0.25) is 10.0 Å². The Hall–Kier alpha value is -3.62. The zero-order valence-corrected chi connectivity index (χ0v) is 18.6. The zero-order valence-electron chi connectivity index (χ0n) is 17.8. The van der Waals surface area contributed by atoms with Crippen LogP contribution in [0.1, 0.15) is 10.4 Å². The van der Waals surface area contributed by atoms with Gasteiger partial charge in [-0.15, -0.1) is 0 Å². The molecule has 2 aromatic heterocycles. The van der Waals surface area contributed by atoms with Gasteiger partial charge in [0.15, 0.2) is 0 Å². The quantitative estimate of drug-likeness (QED) is 0.468. The SMILES string of the molecule is O=C(c1cc(-c2cccnc2)nc2ccccc12)N1CCN(S(=O)(=O)c2ccccc2)CC1. The fraction of sp³-hybridized carbons (Fsp3) is 0.160. The fourth-order valence-electron chi connectivity index (χ4n) is 4.06. The minimum absolute atomic E-state index is 0.129. The molecule has 0 spiro atoms. The number of hydrogen-bond acceptors (Lipinski definition) is 5. The van der Waals surface area contributed by atoms with Gasteiger partial charge in [-0.25, -0.2) is 13.4 Å². The summed E-state index contributed by atoms with van der Waals surface area (Å²) in [7, 11) is -3.57. The van der Waals surface area contributed by atoms with Crippen LogP contribution in [-0.4, -0.2) is 59.7 Å². The number of carbonyl (C=O) groups excluding carboxylic acids is 1. The molecule has 2 aromatic carbocycles. The molecule has 166 valence electrons. The summed E-state index contributed by atoms with van der Waals surface area (Å²) >= 11 is 0. The van der Waals surface area contributed by atoms with Crippen molar-refractivity contribution >= 4 is 26.8 Å². The van der Waals surface area contributed by atoms with Crippen molar-refractivity contribution in [1.29, 1.82) is 0 Å². The molecule has 0 saturated carbocycles. The number of sulfonamides is 1. The Morgan fingerprint density at radius 1 is 0.848 bits per heavy atom. The summed E-state index contributed by atoms with van der Waals surface area (Å²) in [5, 5.41) is 0.773. The smallest absolute Gasteiger partial charge is 0.254 e. The summed E-state index contributed by atoms with van der Waals surface area (Å²) in [4.78, 5) is 24.4. The standard InChI is InChI=1S/C25H22N4O3S/c30-25(28-13-15-29(16-14-28)33(31,32)20-8-2-1-3-9-20)22-17-24(19-7-6-12-26-18-19)27-23-11-5-4-10-21(22)23/h1-12,17-18H,13-16H2. The summed E-state index contributed by atoms with van der Waals surface area (Å²) in [5.74, 6) is -0.129. The second-order valence-corrected chi connectivity index (χ2v) is 9.76. The monoisotopic (exact) mass is 458 g/mol. The van der Waals surface area contributed by atoms with E-state index in [-0.39, 0.29) is 23.9 Å². The topological polar surface area (TPSA) is 83.5 Å². The highest BCUT2D eigenvalue weighted by Gasteiger charge is 2.31. The molecule has 4 aromatic rings. The molecule has 1 amide bonds. The Kier molecular flexibility index (Phi) is 5.62. The Morgan fingerprint density at radius 2 is 1.58 bits per heavy atom. The van der Waals surface area contributed by atoms with Crippen LogP contribution < -0.4 is 0 Å². The minimum atomic E-state index is -3.57. The van der Waals surface area contributed by atoms with Crippen LogP contribution in [0.25, 0.3) is 22.2 Å². The Labute approximate surface area is 192 Å². The minimum Gasteiger partial charge on any atom is -0.336 e. The van der Waals surface area contributed by atoms with Crippen LogP contribution in [0.5, 0.6) is 0 Å². The van der Waals surface area contributed by atoms with E-state index in [1.807, 2.05) is 36.4 Å². The zero-order chi connectivity index (χ0) is 22.8. The van der Waals surface area contributed by atoms with Crippen molar-refractivity contribution in [2.75, 3.05) is 26.2 Å². The lowest BCUT2D eigenvalue weighted by Gasteiger charge is -2.34. The molecule has 0 bridgehead atoms. The number of pyridine rings is 2. The third-order valence-electron chi connectivity index (χ3n) is 5.81. The number of hydrogen-bond donors (Lipinski definition) is 0. The van der Waals surface area contributed by atoms with Crippen LogP contribution in [0.15, 0.2) is 90.1 Å². The van der Waals surface area contributed by atoms with Crippen molar-refractivity contribution in [3.05, 3.63) is 90.8 Å². The van der Waals surface area contributed by atoms with Gasteiger partial charge in [-0.1, -0.05) is 36.4 Å². The predicted octanol–water partition coefficient (Wildman–Crippen LogP) is 3.44. The van der Waals surface area contributed by atoms with Gasteiger partial charge >= 0.3 is 0 Å². The number of para-hydroxylation sites is 1. The van der Waals surface area contributed by atoms with Crippen LogP contribution in [-0.2, 0) is 10.0 Å². The first kappa shape index (κ1) is 21.2. The van der Waals surface area contributed by atoms with E-state index in [4.69, 9.17) is 4.98 Å². The van der Waals surface area contributed by atoms with Gasteiger partial charge in [0.1, 0.15) is 0 Å². The van der Waals surface area contributed by atoms with Crippen molar-refractivity contribution in [1.82, 2.24) is 19.2 Å². The van der Waals surface area contributed by atoms with E-state index in [1.54, 1.807) is 53.7 Å². The normalized spacial score (nSPS) is 15.0. The first-order valence-corrected chi connectivity index (χ1v) is 12.1. The average molecular weight is 459 g/mol. The molecule has 1 fully saturated rings. The number of amides is 1. The largest absolute Gasteiger partial charge is 0.336 e. The summed E-state index contributed by atoms with van der Waals surface area (Å²) in [6.07, 6.45) is 3.41. The molecule has 8 heteroatoms. The molecule has 1 saturated heterocycles. The lowest BCUT2D eigenvalue weighted by atomic mass is 10.0. The second kappa shape index (κ2) is 8.73. The van der Waals surface area contributed by atoms with Crippen LogP contribution in [0.3, 0.4) is 0 Å². The van der Waals surface area contributed by atoms with Gasteiger partial charge in [-0.2, -0.15) is 4.31 Å². The molecule has 0 unspecified atom stereocenters. The summed E-state index contributed by atoms with van der Waals surface area (Å²) < 4.78 is 27.3. The third-order valence-corrected chi connectivity index (χ3v) is 7.72. The highest BCUT2D eigenvalue weighted by molar-refractivity contribution is 7.89. The number of aromatic nitrogens is 2. The van der Waals surface area contributed by atoms with Crippen LogP contribution in [0, 0.1) is 0 Å². The second-order valence-electron chi connectivity index (χ2n) is 7.82. The van der Waals surface area contributed by atoms with E-state index in [2.05, 4.69) is 4.98 Å². The first-order valence-electron chi connectivity index (χ1n) is 10.7. The lowest BCUT2D eigenvalue weighted by molar-refractivity contribution is 0.0700. The van der Waals surface area contributed by atoms with Gasteiger partial charge in [0.05, 0.1) is 21.7 Å². The molecule has 3 heterocycles. The Morgan fingerprint density at radius 3 is 2.30 bits per heavy atom. The Balaban J connectivity index is 1.42. The fourth-order valence-corrected chi connectivity index (χ4v) is 5.50. The van der Waals surface area contributed by atoms with Crippen molar-refractivity contribution in [2.45, 2.75) is 4.90 Å². The number of nitrogens with zero attached hydrogens (tertiary/aromatic N) is 4. The average Bonchev–Trinajstić information content (AvgIpc) is 2.88. The molecule has 1 aliphatic heterocycles. The summed E-state index contributed by atoms with van der Waals surface area (Å²) in [6.45, 7) is 1.15. The van der Waals surface area contributed by atoms with Crippen molar-refractivity contribution in [3.8, 4) is 11.3 Å². The highest BCUT2D eigenvalue weighted by atomic mass is 32.2. The summed E-state index contributed by atoms with van der Waals surface area (Å²) in [5.41, 5.74) is 2.79.